The Bertz CT molecular complexity index is 406. The zero-order chi connectivity index (χ0) is 13.7. The first-order valence-corrected chi connectivity index (χ1v) is 8.66. The molecule has 1 fully saturated rings. The summed E-state index contributed by atoms with van der Waals surface area (Å²) in [6, 6.07) is 2.17. The number of amides is 1. The molecule has 1 aliphatic heterocycles. The smallest absolute Gasteiger partial charge is 0.230 e. The van der Waals surface area contributed by atoms with Crippen LogP contribution in [0.3, 0.4) is 0 Å². The first kappa shape index (κ1) is 14.9. The second-order valence-corrected chi connectivity index (χ2v) is 7.62. The van der Waals surface area contributed by atoms with Crippen LogP contribution in [-0.4, -0.2) is 30.0 Å². The van der Waals surface area contributed by atoms with Crippen molar-refractivity contribution in [2.45, 2.75) is 38.5 Å². The fraction of sp³-hybridized carbons (Fsp3) is 0.643. The second-order valence-electron chi connectivity index (χ2n) is 4.99. The highest BCUT2D eigenvalue weighted by Gasteiger charge is 2.14. The van der Waals surface area contributed by atoms with Crippen molar-refractivity contribution >= 4 is 29.0 Å². The van der Waals surface area contributed by atoms with Gasteiger partial charge in [0.1, 0.15) is 0 Å². The van der Waals surface area contributed by atoms with Crippen molar-refractivity contribution in [3.8, 4) is 0 Å². The van der Waals surface area contributed by atoms with Gasteiger partial charge in [-0.15, -0.1) is 23.1 Å². The lowest BCUT2D eigenvalue weighted by molar-refractivity contribution is -0.118. The van der Waals surface area contributed by atoms with E-state index in [1.165, 1.54) is 28.2 Å². The number of carbonyl (C=O) groups is 1. The molecular weight excluding hydrogens is 276 g/mol. The molecule has 1 aromatic rings. The van der Waals surface area contributed by atoms with Gasteiger partial charge in [0, 0.05) is 15.0 Å². The number of hydrogen-bond acceptors (Lipinski definition) is 4. The molecule has 0 spiro atoms. The van der Waals surface area contributed by atoms with Gasteiger partial charge in [0.25, 0.3) is 0 Å². The van der Waals surface area contributed by atoms with Crippen LogP contribution in [0.25, 0.3) is 0 Å². The van der Waals surface area contributed by atoms with Gasteiger partial charge in [-0.3, -0.25) is 4.79 Å². The number of piperidine rings is 1. The van der Waals surface area contributed by atoms with Crippen molar-refractivity contribution in [2.75, 3.05) is 18.8 Å². The number of hydrogen-bond donors (Lipinski definition) is 2. The van der Waals surface area contributed by atoms with Gasteiger partial charge in [-0.1, -0.05) is 0 Å². The maximum atomic E-state index is 11.8. The lowest BCUT2D eigenvalue weighted by Gasteiger charge is -2.21. The Labute approximate surface area is 123 Å². The summed E-state index contributed by atoms with van der Waals surface area (Å²) in [5.74, 6) is 0.751. The van der Waals surface area contributed by atoms with Gasteiger partial charge >= 0.3 is 0 Å². The highest BCUT2D eigenvalue weighted by atomic mass is 32.2. The van der Waals surface area contributed by atoms with Crippen molar-refractivity contribution in [1.29, 1.82) is 0 Å². The summed E-state index contributed by atoms with van der Waals surface area (Å²) >= 11 is 3.57. The minimum atomic E-state index is 0.159. The molecule has 19 heavy (non-hydrogen) atoms. The largest absolute Gasteiger partial charge is 0.350 e. The fourth-order valence-electron chi connectivity index (χ4n) is 2.13. The van der Waals surface area contributed by atoms with E-state index in [0.29, 0.717) is 17.5 Å². The summed E-state index contributed by atoms with van der Waals surface area (Å²) in [7, 11) is 0. The average Bonchev–Trinajstić information content (AvgIpc) is 2.74. The molecule has 0 bridgehead atoms. The molecule has 0 atom stereocenters. The molecule has 0 unspecified atom stereocenters. The van der Waals surface area contributed by atoms with Crippen molar-refractivity contribution in [3.05, 3.63) is 21.4 Å². The quantitative estimate of drug-likeness (QED) is 0.877. The molecule has 2 heterocycles. The van der Waals surface area contributed by atoms with E-state index in [-0.39, 0.29) is 5.91 Å². The lowest BCUT2D eigenvalue weighted by atomic mass is 10.2. The Morgan fingerprint density at radius 2 is 2.21 bits per heavy atom. The maximum Gasteiger partial charge on any atom is 0.230 e. The van der Waals surface area contributed by atoms with E-state index in [1.807, 2.05) is 0 Å². The van der Waals surface area contributed by atoms with E-state index < -0.39 is 0 Å². The van der Waals surface area contributed by atoms with Crippen LogP contribution in [0, 0.1) is 13.8 Å². The summed E-state index contributed by atoms with van der Waals surface area (Å²) < 4.78 is 0. The summed E-state index contributed by atoms with van der Waals surface area (Å²) in [6.07, 6.45) is 2.36. The van der Waals surface area contributed by atoms with Crippen molar-refractivity contribution in [1.82, 2.24) is 10.6 Å². The van der Waals surface area contributed by atoms with Gasteiger partial charge in [0.05, 0.1) is 12.3 Å². The summed E-state index contributed by atoms with van der Waals surface area (Å²) in [5.41, 5.74) is 1.32. The third kappa shape index (κ3) is 4.82. The highest BCUT2D eigenvalue weighted by Crippen LogP contribution is 2.21. The summed E-state index contributed by atoms with van der Waals surface area (Å²) in [5, 5.41) is 7.01. The van der Waals surface area contributed by atoms with E-state index in [2.05, 4.69) is 30.5 Å². The first-order chi connectivity index (χ1) is 9.15. The molecule has 0 radical (unpaired) electrons. The molecular formula is C14H22N2OS2. The zero-order valence-corrected chi connectivity index (χ0v) is 13.3. The topological polar surface area (TPSA) is 41.1 Å². The molecule has 3 nitrogen and oxygen atoms in total. The minimum absolute atomic E-state index is 0.159. The second kappa shape index (κ2) is 7.31. The third-order valence-corrected chi connectivity index (χ3v) is 5.94. The molecule has 1 saturated heterocycles. The van der Waals surface area contributed by atoms with Crippen LogP contribution < -0.4 is 10.6 Å². The Balaban J connectivity index is 1.66. The maximum absolute atomic E-state index is 11.8. The van der Waals surface area contributed by atoms with E-state index in [9.17, 15) is 4.79 Å². The highest BCUT2D eigenvalue weighted by molar-refractivity contribution is 8.00. The van der Waals surface area contributed by atoms with Crippen LogP contribution in [0.4, 0.5) is 0 Å². The molecule has 106 valence electrons. The predicted molar refractivity (Wildman–Crippen MR) is 84.0 cm³/mol. The number of nitrogens with one attached hydrogen (secondary N) is 2. The van der Waals surface area contributed by atoms with Crippen LogP contribution in [0.5, 0.6) is 0 Å². The average molecular weight is 298 g/mol. The molecule has 1 aliphatic rings. The third-order valence-electron chi connectivity index (χ3n) is 3.41. The van der Waals surface area contributed by atoms with Gasteiger partial charge in [-0.2, -0.15) is 0 Å². The predicted octanol–water partition coefficient (Wildman–Crippen LogP) is 2.47. The monoisotopic (exact) mass is 298 g/mol. The van der Waals surface area contributed by atoms with Crippen molar-refractivity contribution in [3.63, 3.8) is 0 Å². The molecule has 5 heteroatoms. The van der Waals surface area contributed by atoms with E-state index in [0.717, 1.165) is 13.1 Å². The number of thiophene rings is 1. The van der Waals surface area contributed by atoms with Crippen LogP contribution in [0.2, 0.25) is 0 Å². The van der Waals surface area contributed by atoms with Crippen LogP contribution in [0.15, 0.2) is 6.07 Å². The standard InChI is InChI=1S/C14H22N2OS2/c1-10-7-13(19-11(10)2)8-16-14(17)9-18-12-3-5-15-6-4-12/h7,12,15H,3-6,8-9H2,1-2H3,(H,16,17). The van der Waals surface area contributed by atoms with Gasteiger partial charge in [0.15, 0.2) is 0 Å². The molecule has 0 aliphatic carbocycles. The summed E-state index contributed by atoms with van der Waals surface area (Å²) in [4.78, 5) is 14.4. The van der Waals surface area contributed by atoms with Crippen LogP contribution in [0.1, 0.15) is 28.2 Å². The molecule has 2 rings (SSSR count). The Hall–Kier alpha value is -0.520. The van der Waals surface area contributed by atoms with Gasteiger partial charge < -0.3 is 10.6 Å². The summed E-state index contributed by atoms with van der Waals surface area (Å²) in [6.45, 7) is 7.09. The number of aryl methyl sites for hydroxylation is 2. The molecule has 1 aromatic heterocycles. The minimum Gasteiger partial charge on any atom is -0.350 e. The zero-order valence-electron chi connectivity index (χ0n) is 11.6. The molecule has 0 aromatic carbocycles. The van der Waals surface area contributed by atoms with E-state index in [4.69, 9.17) is 0 Å². The number of thioether (sulfide) groups is 1. The van der Waals surface area contributed by atoms with Crippen molar-refractivity contribution in [2.24, 2.45) is 0 Å². The van der Waals surface area contributed by atoms with Crippen molar-refractivity contribution < 1.29 is 4.79 Å². The molecule has 0 saturated carbocycles. The van der Waals surface area contributed by atoms with Gasteiger partial charge in [-0.05, 0) is 51.4 Å². The molecule has 1 amide bonds. The normalized spacial score (nSPS) is 16.5. The Kier molecular flexibility index (Phi) is 5.73. The number of rotatable bonds is 5. The SMILES string of the molecule is Cc1cc(CNC(=O)CSC2CCNCC2)sc1C. The van der Waals surface area contributed by atoms with Gasteiger partial charge in [0.2, 0.25) is 5.91 Å². The Morgan fingerprint density at radius 1 is 1.47 bits per heavy atom. The van der Waals surface area contributed by atoms with E-state index >= 15 is 0 Å². The van der Waals surface area contributed by atoms with E-state index in [1.54, 1.807) is 23.1 Å². The first-order valence-electron chi connectivity index (χ1n) is 6.80. The van der Waals surface area contributed by atoms with Crippen LogP contribution >= 0.6 is 23.1 Å². The Morgan fingerprint density at radius 3 is 2.84 bits per heavy atom. The van der Waals surface area contributed by atoms with Gasteiger partial charge in [-0.25, -0.2) is 0 Å². The molecule has 2 N–H and O–H groups in total. The van der Waals surface area contributed by atoms with Crippen LogP contribution in [-0.2, 0) is 11.3 Å². The lowest BCUT2D eigenvalue weighted by Crippen LogP contribution is -2.31. The fourth-order valence-corrected chi connectivity index (χ4v) is 4.18. The number of carbonyl (C=O) groups excluding carboxylic acids is 1.